The van der Waals surface area contributed by atoms with Crippen LogP contribution in [0.3, 0.4) is 0 Å². The van der Waals surface area contributed by atoms with Crippen LogP contribution in [0.15, 0.2) is 41.8 Å². The number of hydrogen-bond acceptors (Lipinski definition) is 4. The second-order valence-electron chi connectivity index (χ2n) is 7.76. The van der Waals surface area contributed by atoms with E-state index in [4.69, 9.17) is 0 Å². The van der Waals surface area contributed by atoms with E-state index in [1.54, 1.807) is 18.0 Å². The third-order valence-corrected chi connectivity index (χ3v) is 6.92. The van der Waals surface area contributed by atoms with Crippen molar-refractivity contribution >= 4 is 17.7 Å². The van der Waals surface area contributed by atoms with E-state index in [2.05, 4.69) is 20.7 Å². The van der Waals surface area contributed by atoms with Crippen molar-refractivity contribution in [2.24, 2.45) is 5.92 Å². The molecule has 5 nitrogen and oxygen atoms in total. The van der Waals surface area contributed by atoms with Gasteiger partial charge in [0.1, 0.15) is 5.82 Å². The third kappa shape index (κ3) is 4.37. The predicted molar refractivity (Wildman–Crippen MR) is 108 cm³/mol. The van der Waals surface area contributed by atoms with E-state index >= 15 is 0 Å². The summed E-state index contributed by atoms with van der Waals surface area (Å²) >= 11 is 1.54. The zero-order valence-corrected chi connectivity index (χ0v) is 16.8. The van der Waals surface area contributed by atoms with Gasteiger partial charge in [0.05, 0.1) is 10.3 Å². The topological polar surface area (TPSA) is 51.0 Å². The van der Waals surface area contributed by atoms with Gasteiger partial charge in [-0.2, -0.15) is 0 Å². The summed E-state index contributed by atoms with van der Waals surface area (Å²) in [5.41, 5.74) is 0. The van der Waals surface area contributed by atoms with Gasteiger partial charge in [0, 0.05) is 44.1 Å². The summed E-state index contributed by atoms with van der Waals surface area (Å²) in [6.07, 6.45) is 12.0. The van der Waals surface area contributed by atoms with Crippen LogP contribution in [0.1, 0.15) is 50.8 Å². The van der Waals surface area contributed by atoms with Crippen molar-refractivity contribution in [1.29, 1.82) is 0 Å². The van der Waals surface area contributed by atoms with Gasteiger partial charge in [-0.05, 0) is 50.7 Å². The second-order valence-corrected chi connectivity index (χ2v) is 9.12. The Morgan fingerprint density at radius 2 is 2.00 bits per heavy atom. The maximum Gasteiger partial charge on any atom is 0.235 e. The molecule has 0 spiro atoms. The molecule has 4 rings (SSSR count). The standard InChI is InChI=1S/C21H28N4OS/c1-16(27-19-7-2-3-10-22-19)21(26)24-12-8-18(9-13-24)20-23-11-14-25(20)15-17-5-4-6-17/h2-3,7,10-11,14,16-18H,4-6,8-9,12-13,15H2,1H3. The maximum absolute atomic E-state index is 12.8. The Morgan fingerprint density at radius 1 is 1.19 bits per heavy atom. The molecule has 2 aromatic heterocycles. The molecule has 1 aliphatic carbocycles. The van der Waals surface area contributed by atoms with Crippen LogP contribution in [0.2, 0.25) is 0 Å². The number of carbonyl (C=O) groups is 1. The summed E-state index contributed by atoms with van der Waals surface area (Å²) in [7, 11) is 0. The molecule has 1 saturated heterocycles. The van der Waals surface area contributed by atoms with Gasteiger partial charge in [-0.15, -0.1) is 0 Å². The molecule has 2 fully saturated rings. The summed E-state index contributed by atoms with van der Waals surface area (Å²) in [6, 6.07) is 5.82. The summed E-state index contributed by atoms with van der Waals surface area (Å²) < 4.78 is 2.37. The quantitative estimate of drug-likeness (QED) is 0.707. The van der Waals surface area contributed by atoms with Crippen LogP contribution < -0.4 is 0 Å². The van der Waals surface area contributed by atoms with Gasteiger partial charge in [-0.3, -0.25) is 4.79 Å². The molecule has 2 aromatic rings. The number of pyridine rings is 1. The SMILES string of the molecule is CC(Sc1ccccn1)C(=O)N1CCC(c2nccn2CC2CCC2)CC1. The number of nitrogens with zero attached hydrogens (tertiary/aromatic N) is 4. The number of aromatic nitrogens is 3. The van der Waals surface area contributed by atoms with Gasteiger partial charge in [0.15, 0.2) is 0 Å². The van der Waals surface area contributed by atoms with Crippen LogP contribution in [-0.4, -0.2) is 43.7 Å². The van der Waals surface area contributed by atoms with Crippen LogP contribution in [0, 0.1) is 5.92 Å². The first-order chi connectivity index (χ1) is 13.2. The molecule has 3 heterocycles. The van der Waals surface area contributed by atoms with E-state index in [1.165, 1.54) is 25.1 Å². The smallest absolute Gasteiger partial charge is 0.235 e. The van der Waals surface area contributed by atoms with Crippen molar-refractivity contribution in [2.45, 2.75) is 61.8 Å². The van der Waals surface area contributed by atoms with Crippen LogP contribution in [0.25, 0.3) is 0 Å². The fraction of sp³-hybridized carbons (Fsp3) is 0.571. The number of likely N-dealkylation sites (tertiary alicyclic amines) is 1. The Kier molecular flexibility index (Phi) is 5.81. The summed E-state index contributed by atoms with van der Waals surface area (Å²) in [4.78, 5) is 23.8. The van der Waals surface area contributed by atoms with Crippen molar-refractivity contribution in [3.05, 3.63) is 42.6 Å². The Labute approximate surface area is 165 Å². The van der Waals surface area contributed by atoms with E-state index in [9.17, 15) is 4.79 Å². The zero-order valence-electron chi connectivity index (χ0n) is 16.0. The molecule has 1 atom stereocenters. The molecular weight excluding hydrogens is 356 g/mol. The largest absolute Gasteiger partial charge is 0.342 e. The predicted octanol–water partition coefficient (Wildman–Crippen LogP) is 3.97. The van der Waals surface area contributed by atoms with Crippen LogP contribution in [-0.2, 0) is 11.3 Å². The first-order valence-corrected chi connectivity index (χ1v) is 11.0. The van der Waals surface area contributed by atoms with Gasteiger partial charge in [-0.25, -0.2) is 9.97 Å². The molecule has 1 amide bonds. The van der Waals surface area contributed by atoms with Gasteiger partial charge >= 0.3 is 0 Å². The first-order valence-electron chi connectivity index (χ1n) is 10.1. The molecule has 0 aromatic carbocycles. The molecule has 1 aliphatic heterocycles. The number of piperidine rings is 1. The van der Waals surface area contributed by atoms with E-state index in [1.807, 2.05) is 36.2 Å². The average molecular weight is 385 g/mol. The highest BCUT2D eigenvalue weighted by atomic mass is 32.2. The number of imidazole rings is 1. The van der Waals surface area contributed by atoms with Crippen molar-refractivity contribution < 1.29 is 4.79 Å². The van der Waals surface area contributed by atoms with E-state index in [0.29, 0.717) is 5.92 Å². The van der Waals surface area contributed by atoms with Crippen molar-refractivity contribution in [1.82, 2.24) is 19.4 Å². The molecule has 0 radical (unpaired) electrons. The second kappa shape index (κ2) is 8.46. The van der Waals surface area contributed by atoms with Gasteiger partial charge in [0.2, 0.25) is 5.91 Å². The minimum absolute atomic E-state index is 0.1000. The Hall–Kier alpha value is -1.82. The number of amides is 1. The summed E-state index contributed by atoms with van der Waals surface area (Å²) in [5, 5.41) is 0.809. The zero-order chi connectivity index (χ0) is 18.6. The maximum atomic E-state index is 12.8. The van der Waals surface area contributed by atoms with Crippen LogP contribution in [0.5, 0.6) is 0 Å². The Bertz CT molecular complexity index is 751. The van der Waals surface area contributed by atoms with Crippen molar-refractivity contribution in [2.75, 3.05) is 13.1 Å². The highest BCUT2D eigenvalue weighted by Crippen LogP contribution is 2.32. The van der Waals surface area contributed by atoms with E-state index in [0.717, 1.165) is 43.4 Å². The van der Waals surface area contributed by atoms with Gasteiger partial charge in [0.25, 0.3) is 0 Å². The Balaban J connectivity index is 1.31. The molecule has 2 aliphatic rings. The molecule has 0 bridgehead atoms. The minimum Gasteiger partial charge on any atom is -0.342 e. The number of thioether (sulfide) groups is 1. The molecule has 6 heteroatoms. The van der Waals surface area contributed by atoms with Crippen molar-refractivity contribution in [3.63, 3.8) is 0 Å². The van der Waals surface area contributed by atoms with E-state index in [-0.39, 0.29) is 11.2 Å². The molecule has 0 N–H and O–H groups in total. The number of carbonyl (C=O) groups excluding carboxylic acids is 1. The van der Waals surface area contributed by atoms with Crippen LogP contribution >= 0.6 is 11.8 Å². The normalized spacial score (nSPS) is 19.7. The Morgan fingerprint density at radius 3 is 2.67 bits per heavy atom. The lowest BCUT2D eigenvalue weighted by atomic mass is 9.85. The molecular formula is C21H28N4OS. The highest BCUT2D eigenvalue weighted by Gasteiger charge is 2.29. The lowest BCUT2D eigenvalue weighted by Gasteiger charge is -2.34. The molecule has 144 valence electrons. The van der Waals surface area contributed by atoms with Crippen LogP contribution in [0.4, 0.5) is 0 Å². The lowest BCUT2D eigenvalue weighted by Crippen LogP contribution is -2.42. The fourth-order valence-electron chi connectivity index (χ4n) is 4.05. The summed E-state index contributed by atoms with van der Waals surface area (Å²) in [5.74, 6) is 2.76. The molecule has 1 saturated carbocycles. The molecule has 1 unspecified atom stereocenters. The molecule has 27 heavy (non-hydrogen) atoms. The van der Waals surface area contributed by atoms with Crippen molar-refractivity contribution in [3.8, 4) is 0 Å². The van der Waals surface area contributed by atoms with Gasteiger partial charge < -0.3 is 9.47 Å². The highest BCUT2D eigenvalue weighted by molar-refractivity contribution is 8.00. The number of rotatable bonds is 6. The fourth-order valence-corrected chi connectivity index (χ4v) is 4.94. The summed E-state index contributed by atoms with van der Waals surface area (Å²) in [6.45, 7) is 4.76. The lowest BCUT2D eigenvalue weighted by molar-refractivity contribution is -0.131. The monoisotopic (exact) mass is 384 g/mol. The van der Waals surface area contributed by atoms with E-state index < -0.39 is 0 Å². The third-order valence-electron chi connectivity index (χ3n) is 5.88. The van der Waals surface area contributed by atoms with Gasteiger partial charge in [-0.1, -0.05) is 24.2 Å². The minimum atomic E-state index is -0.1000. The first kappa shape index (κ1) is 18.5. The average Bonchev–Trinajstić information content (AvgIpc) is 3.13. The number of hydrogen-bond donors (Lipinski definition) is 0.